The Bertz CT molecular complexity index is 1100. The predicted octanol–water partition coefficient (Wildman–Crippen LogP) is 3.09. The summed E-state index contributed by atoms with van der Waals surface area (Å²) in [7, 11) is 0. The molecule has 1 fully saturated rings. The Hall–Kier alpha value is -3.35. The van der Waals surface area contributed by atoms with Crippen LogP contribution in [0.2, 0.25) is 0 Å². The summed E-state index contributed by atoms with van der Waals surface area (Å²) in [6, 6.07) is 13.0. The summed E-state index contributed by atoms with van der Waals surface area (Å²) in [5.41, 5.74) is 2.88. The van der Waals surface area contributed by atoms with Crippen LogP contribution < -0.4 is 10.6 Å². The van der Waals surface area contributed by atoms with E-state index in [-0.39, 0.29) is 17.7 Å². The van der Waals surface area contributed by atoms with Crippen LogP contribution in [0.4, 0.5) is 5.69 Å². The van der Waals surface area contributed by atoms with Gasteiger partial charge in [-0.25, -0.2) is 0 Å². The molecule has 2 N–H and O–H groups in total. The second-order valence-corrected chi connectivity index (χ2v) is 9.42. The first-order valence-electron chi connectivity index (χ1n) is 11.3. The Morgan fingerprint density at radius 3 is 2.53 bits per heavy atom. The van der Waals surface area contributed by atoms with Crippen molar-refractivity contribution in [3.05, 3.63) is 64.7 Å². The van der Waals surface area contributed by atoms with Crippen LogP contribution in [-0.2, 0) is 6.54 Å². The van der Waals surface area contributed by atoms with E-state index in [0.717, 1.165) is 11.3 Å². The minimum Gasteiger partial charge on any atom is -0.362 e. The number of hydrogen-bond acceptors (Lipinski definition) is 4. The maximum absolute atomic E-state index is 13.4. The smallest absolute Gasteiger partial charge is 0.255 e. The number of amides is 3. The zero-order valence-electron chi connectivity index (χ0n) is 18.5. The monoisotopic (exact) mass is 432 g/mol. The summed E-state index contributed by atoms with van der Waals surface area (Å²) in [4.78, 5) is 42.7. The molecule has 5 rings (SSSR count). The number of fused-ring (bicyclic) bond motifs is 2. The Labute approximate surface area is 187 Å². The van der Waals surface area contributed by atoms with E-state index < -0.39 is 5.66 Å². The van der Waals surface area contributed by atoms with Gasteiger partial charge in [-0.2, -0.15) is 0 Å². The lowest BCUT2D eigenvalue weighted by atomic mass is 9.91. The molecule has 0 saturated carbocycles. The summed E-state index contributed by atoms with van der Waals surface area (Å²) in [5.74, 6) is 0.118. The van der Waals surface area contributed by atoms with Gasteiger partial charge in [0.15, 0.2) is 0 Å². The lowest BCUT2D eigenvalue weighted by Crippen LogP contribution is -2.62. The number of hydrogen-bond donors (Lipinski definition) is 2. The molecule has 2 aromatic carbocycles. The molecule has 0 aromatic heterocycles. The molecule has 0 aliphatic carbocycles. The highest BCUT2D eigenvalue weighted by molar-refractivity contribution is 6.09. The van der Waals surface area contributed by atoms with Gasteiger partial charge in [0.25, 0.3) is 17.7 Å². The van der Waals surface area contributed by atoms with E-state index in [9.17, 15) is 14.4 Å². The van der Waals surface area contributed by atoms with Crippen LogP contribution in [0.5, 0.6) is 0 Å². The number of carbonyl (C=O) groups excluding carboxylic acids is 3. The van der Waals surface area contributed by atoms with Crippen LogP contribution in [0.15, 0.2) is 42.5 Å². The molecule has 0 radical (unpaired) electrons. The Morgan fingerprint density at radius 1 is 1.03 bits per heavy atom. The van der Waals surface area contributed by atoms with Crippen LogP contribution in [-0.4, -0.2) is 52.8 Å². The van der Waals surface area contributed by atoms with Crippen molar-refractivity contribution in [3.63, 3.8) is 0 Å². The maximum atomic E-state index is 13.4. The minimum atomic E-state index is -0.551. The molecule has 3 heterocycles. The molecule has 0 bridgehead atoms. The molecular weight excluding hydrogens is 404 g/mol. The number of carbonyl (C=O) groups is 3. The van der Waals surface area contributed by atoms with Crippen LogP contribution in [0.3, 0.4) is 0 Å². The van der Waals surface area contributed by atoms with Crippen molar-refractivity contribution in [3.8, 4) is 0 Å². The fourth-order valence-corrected chi connectivity index (χ4v) is 5.06. The molecule has 1 spiro atoms. The van der Waals surface area contributed by atoms with Crippen LogP contribution >= 0.6 is 0 Å². The molecule has 0 atom stereocenters. The largest absolute Gasteiger partial charge is 0.362 e. The van der Waals surface area contributed by atoms with Gasteiger partial charge in [0, 0.05) is 44.7 Å². The molecule has 1 saturated heterocycles. The van der Waals surface area contributed by atoms with E-state index in [4.69, 9.17) is 0 Å². The van der Waals surface area contributed by atoms with E-state index in [0.29, 0.717) is 61.6 Å². The number of nitrogens with zero attached hydrogens (tertiary/aromatic N) is 2. The normalized spacial score (nSPS) is 19.0. The number of rotatable bonds is 3. The fraction of sp³-hybridized carbons (Fsp3) is 0.400. The first-order valence-corrected chi connectivity index (χ1v) is 11.3. The Balaban J connectivity index is 1.32. The summed E-state index contributed by atoms with van der Waals surface area (Å²) in [6.45, 7) is 6.42. The molecule has 3 amide bonds. The topological polar surface area (TPSA) is 81.8 Å². The molecule has 0 unspecified atom stereocenters. The predicted molar refractivity (Wildman–Crippen MR) is 121 cm³/mol. The first-order chi connectivity index (χ1) is 15.4. The van der Waals surface area contributed by atoms with Crippen LogP contribution in [0.1, 0.15) is 63.3 Å². The van der Waals surface area contributed by atoms with Crippen molar-refractivity contribution in [1.82, 2.24) is 15.1 Å². The molecule has 166 valence electrons. The molecule has 2 aromatic rings. The first kappa shape index (κ1) is 20.5. The van der Waals surface area contributed by atoms with E-state index in [1.54, 1.807) is 17.0 Å². The third-order valence-electron chi connectivity index (χ3n) is 6.63. The lowest BCUT2D eigenvalue weighted by molar-refractivity contribution is 0.0630. The van der Waals surface area contributed by atoms with E-state index in [1.807, 2.05) is 35.2 Å². The summed E-state index contributed by atoms with van der Waals surface area (Å²) in [5, 5.41) is 6.60. The SMILES string of the molecule is CC(C)CN1Cc2cccc(C(=O)N3CCC4(CC3)NC(=O)c3ccccc3N4)c2C1=O. The van der Waals surface area contributed by atoms with Gasteiger partial charge < -0.3 is 20.4 Å². The molecular formula is C25H28N4O3. The van der Waals surface area contributed by atoms with Crippen molar-refractivity contribution in [2.75, 3.05) is 25.0 Å². The maximum Gasteiger partial charge on any atom is 0.255 e. The summed E-state index contributed by atoms with van der Waals surface area (Å²) < 4.78 is 0. The second kappa shape index (κ2) is 7.65. The Morgan fingerprint density at radius 2 is 1.78 bits per heavy atom. The summed E-state index contributed by atoms with van der Waals surface area (Å²) in [6.07, 6.45) is 1.20. The zero-order valence-corrected chi connectivity index (χ0v) is 18.5. The third kappa shape index (κ3) is 3.42. The number of piperidine rings is 1. The van der Waals surface area contributed by atoms with E-state index in [2.05, 4.69) is 24.5 Å². The quantitative estimate of drug-likeness (QED) is 0.781. The average Bonchev–Trinajstić information content (AvgIpc) is 3.08. The van der Waals surface area contributed by atoms with Gasteiger partial charge in [-0.15, -0.1) is 0 Å². The third-order valence-corrected chi connectivity index (χ3v) is 6.63. The molecule has 32 heavy (non-hydrogen) atoms. The van der Waals surface area contributed by atoms with Crippen molar-refractivity contribution < 1.29 is 14.4 Å². The number of para-hydroxylation sites is 1. The van der Waals surface area contributed by atoms with Gasteiger partial charge in [0.1, 0.15) is 5.66 Å². The highest BCUT2D eigenvalue weighted by Gasteiger charge is 2.42. The van der Waals surface area contributed by atoms with Crippen LogP contribution in [0.25, 0.3) is 0 Å². The molecule has 3 aliphatic heterocycles. The Kier molecular flexibility index (Phi) is 4.92. The number of benzene rings is 2. The van der Waals surface area contributed by atoms with Gasteiger partial charge in [0.2, 0.25) is 0 Å². The van der Waals surface area contributed by atoms with Gasteiger partial charge in [-0.05, 0) is 29.7 Å². The number of anilines is 1. The number of nitrogens with one attached hydrogen (secondary N) is 2. The minimum absolute atomic E-state index is 0.0519. The summed E-state index contributed by atoms with van der Waals surface area (Å²) >= 11 is 0. The highest BCUT2D eigenvalue weighted by Crippen LogP contribution is 2.33. The fourth-order valence-electron chi connectivity index (χ4n) is 5.06. The van der Waals surface area contributed by atoms with Gasteiger partial charge >= 0.3 is 0 Å². The van der Waals surface area contributed by atoms with Crippen molar-refractivity contribution in [2.45, 2.75) is 38.9 Å². The standard InChI is InChI=1S/C25H28N4O3/c1-16(2)14-29-15-17-6-5-8-19(21(17)24(29)32)23(31)28-12-10-25(11-13-28)26-20-9-4-3-7-18(20)22(30)27-25/h3-9,16,26H,10-15H2,1-2H3,(H,27,30). The van der Waals surface area contributed by atoms with Gasteiger partial charge in [-0.3, -0.25) is 14.4 Å². The van der Waals surface area contributed by atoms with Gasteiger partial charge in [0.05, 0.1) is 16.7 Å². The number of likely N-dealkylation sites (tertiary alicyclic amines) is 1. The van der Waals surface area contributed by atoms with Crippen molar-refractivity contribution in [2.24, 2.45) is 5.92 Å². The van der Waals surface area contributed by atoms with Gasteiger partial charge in [-0.1, -0.05) is 38.1 Å². The highest BCUT2D eigenvalue weighted by atomic mass is 16.2. The second-order valence-electron chi connectivity index (χ2n) is 9.42. The van der Waals surface area contributed by atoms with Crippen molar-refractivity contribution >= 4 is 23.4 Å². The van der Waals surface area contributed by atoms with E-state index in [1.165, 1.54) is 0 Å². The zero-order chi connectivity index (χ0) is 22.5. The van der Waals surface area contributed by atoms with Crippen molar-refractivity contribution in [1.29, 1.82) is 0 Å². The molecule has 7 nitrogen and oxygen atoms in total. The van der Waals surface area contributed by atoms with E-state index >= 15 is 0 Å². The van der Waals surface area contributed by atoms with Crippen LogP contribution in [0, 0.1) is 5.92 Å². The average molecular weight is 433 g/mol. The molecule has 7 heteroatoms. The lowest BCUT2D eigenvalue weighted by Gasteiger charge is -2.46. The molecule has 3 aliphatic rings.